The molecule has 5 aromatic carbocycles. The van der Waals surface area contributed by atoms with Crippen molar-refractivity contribution in [1.82, 2.24) is 4.98 Å². The number of benzene rings is 5. The van der Waals surface area contributed by atoms with Crippen LogP contribution in [0.2, 0.25) is 0 Å². The van der Waals surface area contributed by atoms with Crippen LogP contribution in [-0.2, 0) is 5.60 Å². The molecule has 0 amide bonds. The van der Waals surface area contributed by atoms with Crippen molar-refractivity contribution < 1.29 is 5.11 Å². The second-order valence-corrected chi connectivity index (χ2v) is 11.8. The Balaban J connectivity index is 1.47. The molecule has 4 heteroatoms. The molecule has 6 rings (SSSR count). The zero-order chi connectivity index (χ0) is 29.6. The molecule has 0 aliphatic rings. The minimum Gasteiger partial charge on any atom is -0.385 e. The van der Waals surface area contributed by atoms with E-state index in [1.165, 1.54) is 0 Å². The molecule has 0 aliphatic carbocycles. The van der Waals surface area contributed by atoms with Gasteiger partial charge >= 0.3 is 0 Å². The molecule has 1 N–H and O–H groups in total. The zero-order valence-electron chi connectivity index (χ0n) is 24.4. The Morgan fingerprint density at radius 1 is 0.674 bits per heavy atom. The highest BCUT2D eigenvalue weighted by atomic mass is 32.2. The molecule has 0 radical (unpaired) electrons. The standard InChI is InChI=1S/C39H34N2OS/c1-3-39(42,4-2)31-21-14-22-32(25-31)43-33-23-24-34-35(28-15-8-5-9-16-28)27-37(40-36(34)26-33)41-38(29-17-10-6-11-18-29)30-19-12-7-13-20-30/h5-27,42H,3-4H2,1-2H3. The maximum Gasteiger partial charge on any atom is 0.153 e. The molecule has 0 unspecified atom stereocenters. The van der Waals surface area contributed by atoms with Crippen LogP contribution in [0.5, 0.6) is 0 Å². The molecule has 0 bridgehead atoms. The molecule has 0 saturated carbocycles. The molecule has 6 aromatic rings. The van der Waals surface area contributed by atoms with Crippen molar-refractivity contribution in [3.63, 3.8) is 0 Å². The monoisotopic (exact) mass is 578 g/mol. The fourth-order valence-corrected chi connectivity index (χ4v) is 6.33. The first-order valence-electron chi connectivity index (χ1n) is 14.8. The van der Waals surface area contributed by atoms with Crippen molar-refractivity contribution in [2.24, 2.45) is 4.99 Å². The van der Waals surface area contributed by atoms with E-state index in [4.69, 9.17) is 9.98 Å². The van der Waals surface area contributed by atoms with Gasteiger partial charge in [0, 0.05) is 26.3 Å². The van der Waals surface area contributed by atoms with Gasteiger partial charge in [0.15, 0.2) is 5.82 Å². The molecular formula is C39H34N2OS. The van der Waals surface area contributed by atoms with Crippen LogP contribution in [0.4, 0.5) is 5.82 Å². The second-order valence-electron chi connectivity index (χ2n) is 10.6. The van der Waals surface area contributed by atoms with Crippen molar-refractivity contribution >= 4 is 34.2 Å². The fourth-order valence-electron chi connectivity index (χ4n) is 5.42. The zero-order valence-corrected chi connectivity index (χ0v) is 25.3. The third-order valence-corrected chi connectivity index (χ3v) is 8.93. The number of aromatic nitrogens is 1. The Hall–Kier alpha value is -4.51. The average molecular weight is 579 g/mol. The highest BCUT2D eigenvalue weighted by molar-refractivity contribution is 7.99. The molecule has 0 saturated heterocycles. The molecule has 1 aromatic heterocycles. The van der Waals surface area contributed by atoms with Crippen molar-refractivity contribution in [3.8, 4) is 11.1 Å². The molecule has 212 valence electrons. The van der Waals surface area contributed by atoms with E-state index >= 15 is 0 Å². The van der Waals surface area contributed by atoms with Crippen LogP contribution in [-0.4, -0.2) is 15.8 Å². The molecule has 1 heterocycles. The van der Waals surface area contributed by atoms with Gasteiger partial charge in [0.2, 0.25) is 0 Å². The summed E-state index contributed by atoms with van der Waals surface area (Å²) in [6.45, 7) is 4.06. The first-order valence-corrected chi connectivity index (χ1v) is 15.6. The van der Waals surface area contributed by atoms with Crippen molar-refractivity contribution in [2.45, 2.75) is 42.1 Å². The predicted molar refractivity (Wildman–Crippen MR) is 180 cm³/mol. The number of nitrogens with zero attached hydrogens (tertiary/aromatic N) is 2. The highest BCUT2D eigenvalue weighted by Gasteiger charge is 2.25. The molecule has 0 fully saturated rings. The summed E-state index contributed by atoms with van der Waals surface area (Å²) >= 11 is 1.68. The summed E-state index contributed by atoms with van der Waals surface area (Å²) < 4.78 is 0. The Bertz CT molecular complexity index is 1820. The van der Waals surface area contributed by atoms with Crippen molar-refractivity contribution in [1.29, 1.82) is 0 Å². The quantitative estimate of drug-likeness (QED) is 0.174. The fraction of sp³-hybridized carbons (Fsp3) is 0.128. The largest absolute Gasteiger partial charge is 0.385 e. The lowest BCUT2D eigenvalue weighted by molar-refractivity contribution is 0.0282. The number of pyridine rings is 1. The SMILES string of the molecule is CCC(O)(CC)c1cccc(Sc2ccc3c(-c4ccccc4)cc(N=C(c4ccccc4)c4ccccc4)nc3c2)c1. The maximum atomic E-state index is 11.1. The minimum absolute atomic E-state index is 0.661. The average Bonchev–Trinajstić information content (AvgIpc) is 3.07. The van der Waals surface area contributed by atoms with Gasteiger partial charge in [0.05, 0.1) is 16.8 Å². The Morgan fingerprint density at radius 3 is 1.91 bits per heavy atom. The van der Waals surface area contributed by atoms with Gasteiger partial charge in [-0.1, -0.05) is 135 Å². The summed E-state index contributed by atoms with van der Waals surface area (Å²) in [5, 5.41) is 12.2. The van der Waals surface area contributed by atoms with Crippen LogP contribution in [0.3, 0.4) is 0 Å². The third kappa shape index (κ3) is 6.31. The number of fused-ring (bicyclic) bond motifs is 1. The Morgan fingerprint density at radius 2 is 1.28 bits per heavy atom. The van der Waals surface area contributed by atoms with Crippen LogP contribution >= 0.6 is 11.8 Å². The number of hydrogen-bond donors (Lipinski definition) is 1. The van der Waals surface area contributed by atoms with E-state index in [-0.39, 0.29) is 0 Å². The van der Waals surface area contributed by atoms with E-state index in [0.29, 0.717) is 18.7 Å². The topological polar surface area (TPSA) is 45.5 Å². The van der Waals surface area contributed by atoms with Gasteiger partial charge in [-0.25, -0.2) is 9.98 Å². The van der Waals surface area contributed by atoms with E-state index in [1.54, 1.807) is 11.8 Å². The van der Waals surface area contributed by atoms with E-state index in [9.17, 15) is 5.11 Å². The first-order chi connectivity index (χ1) is 21.1. The van der Waals surface area contributed by atoms with Gasteiger partial charge in [-0.15, -0.1) is 0 Å². The summed E-state index contributed by atoms with van der Waals surface area (Å²) in [6, 6.07) is 47.8. The first kappa shape index (κ1) is 28.6. The summed E-state index contributed by atoms with van der Waals surface area (Å²) in [5.41, 5.74) is 6.22. The van der Waals surface area contributed by atoms with Gasteiger partial charge in [0.25, 0.3) is 0 Å². The van der Waals surface area contributed by atoms with E-state index in [2.05, 4.69) is 84.9 Å². The number of hydrogen-bond acceptors (Lipinski definition) is 4. The van der Waals surface area contributed by atoms with Crippen LogP contribution in [0.1, 0.15) is 43.4 Å². The lowest BCUT2D eigenvalue weighted by Gasteiger charge is -2.26. The summed E-state index contributed by atoms with van der Waals surface area (Å²) in [7, 11) is 0. The lowest BCUT2D eigenvalue weighted by atomic mass is 9.89. The van der Waals surface area contributed by atoms with Crippen molar-refractivity contribution in [3.05, 3.63) is 156 Å². The molecule has 0 spiro atoms. The van der Waals surface area contributed by atoms with Gasteiger partial charge in [-0.2, -0.15) is 0 Å². The van der Waals surface area contributed by atoms with Gasteiger partial charge < -0.3 is 5.11 Å². The smallest absolute Gasteiger partial charge is 0.153 e. The van der Waals surface area contributed by atoms with Crippen molar-refractivity contribution in [2.75, 3.05) is 0 Å². The molecule has 0 aliphatic heterocycles. The molecule has 43 heavy (non-hydrogen) atoms. The van der Waals surface area contributed by atoms with Crippen LogP contribution in [0.25, 0.3) is 22.0 Å². The van der Waals surface area contributed by atoms with Crippen LogP contribution < -0.4 is 0 Å². The minimum atomic E-state index is -0.811. The Kier molecular flexibility index (Phi) is 8.50. The van der Waals surface area contributed by atoms with Gasteiger partial charge in [-0.05, 0) is 59.9 Å². The molecule has 3 nitrogen and oxygen atoms in total. The molecular weight excluding hydrogens is 545 g/mol. The van der Waals surface area contributed by atoms with E-state index < -0.39 is 5.60 Å². The summed E-state index contributed by atoms with van der Waals surface area (Å²) in [4.78, 5) is 12.4. The third-order valence-electron chi connectivity index (χ3n) is 7.95. The van der Waals surface area contributed by atoms with E-state index in [1.807, 2.05) is 68.4 Å². The lowest BCUT2D eigenvalue weighted by Crippen LogP contribution is -2.23. The normalized spacial score (nSPS) is 11.4. The summed E-state index contributed by atoms with van der Waals surface area (Å²) in [5.74, 6) is 0.661. The van der Waals surface area contributed by atoms with Gasteiger partial charge in [-0.3, -0.25) is 0 Å². The maximum absolute atomic E-state index is 11.1. The predicted octanol–water partition coefficient (Wildman–Crippen LogP) is 10.2. The highest BCUT2D eigenvalue weighted by Crippen LogP contribution is 2.37. The molecule has 0 atom stereocenters. The second kappa shape index (κ2) is 12.8. The number of rotatable bonds is 9. The summed E-state index contributed by atoms with van der Waals surface area (Å²) in [6.07, 6.45) is 1.36. The van der Waals surface area contributed by atoms with E-state index in [0.717, 1.165) is 54.2 Å². The number of aliphatic hydroxyl groups is 1. The van der Waals surface area contributed by atoms with Gasteiger partial charge in [0.1, 0.15) is 0 Å². The van der Waals surface area contributed by atoms with Crippen LogP contribution in [0.15, 0.2) is 154 Å². The number of aliphatic imine (C=N–C) groups is 1. The van der Waals surface area contributed by atoms with Crippen LogP contribution in [0, 0.1) is 0 Å². The Labute approximate surface area is 258 Å².